The van der Waals surface area contributed by atoms with Gasteiger partial charge in [0.05, 0.1) is 11.4 Å². The van der Waals surface area contributed by atoms with Gasteiger partial charge in [0.25, 0.3) is 5.91 Å². The third kappa shape index (κ3) is 6.20. The van der Waals surface area contributed by atoms with Crippen LogP contribution >= 0.6 is 0 Å². The Morgan fingerprint density at radius 3 is 2.38 bits per heavy atom. The van der Waals surface area contributed by atoms with Gasteiger partial charge in [-0.3, -0.25) is 4.79 Å². The van der Waals surface area contributed by atoms with Gasteiger partial charge >= 0.3 is 0 Å². The number of benzene rings is 2. The average molecular weight is 421 g/mol. The lowest BCUT2D eigenvalue weighted by molar-refractivity contribution is -0.127. The van der Waals surface area contributed by atoms with E-state index in [4.69, 9.17) is 9.47 Å². The second-order valence-corrected chi connectivity index (χ2v) is 9.08. The van der Waals surface area contributed by atoms with Gasteiger partial charge in [-0.25, -0.2) is 12.7 Å². The Labute approximate surface area is 172 Å². The van der Waals surface area contributed by atoms with E-state index >= 15 is 0 Å². The number of nitrogens with zero attached hydrogens (tertiary/aromatic N) is 1. The Balaban J connectivity index is 1.79. The summed E-state index contributed by atoms with van der Waals surface area (Å²) in [5.41, 5.74) is 2.04. The van der Waals surface area contributed by atoms with E-state index < -0.39 is 16.1 Å². The van der Waals surface area contributed by atoms with Crippen molar-refractivity contribution in [1.29, 1.82) is 0 Å². The minimum atomic E-state index is -3.46. The summed E-state index contributed by atoms with van der Waals surface area (Å²) in [7, 11) is -0.505. The maximum atomic E-state index is 12.2. The van der Waals surface area contributed by atoms with E-state index in [1.807, 2.05) is 32.0 Å². The molecule has 2 rings (SSSR count). The number of nitrogens with one attached hydrogen (secondary N) is 1. The van der Waals surface area contributed by atoms with E-state index in [1.165, 1.54) is 26.2 Å². The molecule has 158 valence electrons. The topological polar surface area (TPSA) is 84.9 Å². The lowest BCUT2D eigenvalue weighted by atomic mass is 10.1. The standard InChI is InChI=1S/C21H28N2O5S/c1-15-6-7-16(2)20(14-15)28-17(3)21(24)22-12-13-27-18-8-10-19(11-9-18)29(25,26)23(4)5/h6-11,14,17H,12-13H2,1-5H3,(H,22,24)/t17-/m1/s1. The molecule has 0 saturated carbocycles. The second kappa shape index (κ2) is 9.76. The molecular formula is C21H28N2O5S. The van der Waals surface area contributed by atoms with E-state index in [9.17, 15) is 13.2 Å². The molecule has 0 saturated heterocycles. The van der Waals surface area contributed by atoms with Crippen LogP contribution in [0.2, 0.25) is 0 Å². The molecule has 8 heteroatoms. The van der Waals surface area contributed by atoms with Crippen molar-refractivity contribution in [1.82, 2.24) is 9.62 Å². The van der Waals surface area contributed by atoms with E-state index in [-0.39, 0.29) is 17.4 Å². The number of sulfonamides is 1. The summed E-state index contributed by atoms with van der Waals surface area (Å²) in [6.45, 7) is 6.15. The first-order valence-electron chi connectivity index (χ1n) is 9.28. The van der Waals surface area contributed by atoms with Gasteiger partial charge in [0.2, 0.25) is 10.0 Å². The average Bonchev–Trinajstić information content (AvgIpc) is 2.68. The van der Waals surface area contributed by atoms with E-state index in [1.54, 1.807) is 19.1 Å². The fraction of sp³-hybridized carbons (Fsp3) is 0.381. The van der Waals surface area contributed by atoms with Gasteiger partial charge in [-0.2, -0.15) is 0 Å². The van der Waals surface area contributed by atoms with E-state index in [0.29, 0.717) is 18.0 Å². The molecule has 7 nitrogen and oxygen atoms in total. The first-order valence-corrected chi connectivity index (χ1v) is 10.7. The summed E-state index contributed by atoms with van der Waals surface area (Å²) in [5, 5.41) is 2.77. The predicted molar refractivity (Wildman–Crippen MR) is 112 cm³/mol. The van der Waals surface area contributed by atoms with Gasteiger partial charge in [0.1, 0.15) is 18.1 Å². The molecule has 0 aliphatic carbocycles. The van der Waals surface area contributed by atoms with Crippen LogP contribution < -0.4 is 14.8 Å². The zero-order chi connectivity index (χ0) is 21.6. The largest absolute Gasteiger partial charge is 0.492 e. The number of ether oxygens (including phenoxy) is 2. The monoisotopic (exact) mass is 420 g/mol. The molecule has 0 fully saturated rings. The minimum absolute atomic E-state index is 0.195. The Kier molecular flexibility index (Phi) is 7.64. The van der Waals surface area contributed by atoms with Crippen molar-refractivity contribution in [3.8, 4) is 11.5 Å². The normalized spacial score (nSPS) is 12.5. The van der Waals surface area contributed by atoms with Crippen LogP contribution in [0.1, 0.15) is 18.1 Å². The molecule has 0 spiro atoms. The van der Waals surface area contributed by atoms with Gasteiger partial charge in [0.15, 0.2) is 6.10 Å². The maximum Gasteiger partial charge on any atom is 0.260 e. The molecule has 0 bridgehead atoms. The Hall–Kier alpha value is -2.58. The highest BCUT2D eigenvalue weighted by atomic mass is 32.2. The highest BCUT2D eigenvalue weighted by molar-refractivity contribution is 7.89. The summed E-state index contributed by atoms with van der Waals surface area (Å²) in [4.78, 5) is 12.4. The third-order valence-electron chi connectivity index (χ3n) is 4.29. The van der Waals surface area contributed by atoms with E-state index in [2.05, 4.69) is 5.32 Å². The van der Waals surface area contributed by atoms with Gasteiger partial charge in [-0.1, -0.05) is 12.1 Å². The van der Waals surface area contributed by atoms with E-state index in [0.717, 1.165) is 15.4 Å². The summed E-state index contributed by atoms with van der Waals surface area (Å²) in [6, 6.07) is 12.0. The van der Waals surface area contributed by atoms with Crippen LogP contribution in [0.5, 0.6) is 11.5 Å². The quantitative estimate of drug-likeness (QED) is 0.630. The Bertz CT molecular complexity index is 940. The number of carbonyl (C=O) groups is 1. The van der Waals surface area contributed by atoms with Crippen LogP contribution in [0, 0.1) is 13.8 Å². The fourth-order valence-corrected chi connectivity index (χ4v) is 3.39. The van der Waals surface area contributed by atoms with Crippen LogP contribution in [0.15, 0.2) is 47.4 Å². The predicted octanol–water partition coefficient (Wildman–Crippen LogP) is 2.52. The lowest BCUT2D eigenvalue weighted by Gasteiger charge is -2.17. The van der Waals surface area contributed by atoms with Crippen molar-refractivity contribution in [3.05, 3.63) is 53.6 Å². The summed E-state index contributed by atoms with van der Waals surface area (Å²) in [5.74, 6) is 0.982. The van der Waals surface area contributed by atoms with Crippen molar-refractivity contribution < 1.29 is 22.7 Å². The highest BCUT2D eigenvalue weighted by Gasteiger charge is 2.17. The summed E-state index contributed by atoms with van der Waals surface area (Å²) < 4.78 is 36.5. The number of aryl methyl sites for hydroxylation is 2. The van der Waals surface area contributed by atoms with Crippen LogP contribution in [0.4, 0.5) is 0 Å². The molecule has 0 aromatic heterocycles. The molecule has 0 radical (unpaired) electrons. The first kappa shape index (κ1) is 22.7. The first-order chi connectivity index (χ1) is 13.6. The molecule has 29 heavy (non-hydrogen) atoms. The fourth-order valence-electron chi connectivity index (χ4n) is 2.48. The smallest absolute Gasteiger partial charge is 0.260 e. The second-order valence-electron chi connectivity index (χ2n) is 6.93. The number of amides is 1. The molecular weight excluding hydrogens is 392 g/mol. The van der Waals surface area contributed by atoms with Gasteiger partial charge < -0.3 is 14.8 Å². The number of hydrogen-bond donors (Lipinski definition) is 1. The molecule has 0 aliphatic rings. The van der Waals surface area contributed by atoms with Crippen LogP contribution in [-0.4, -0.2) is 52.0 Å². The number of rotatable bonds is 9. The van der Waals surface area contributed by atoms with Crippen molar-refractivity contribution in [2.75, 3.05) is 27.2 Å². The maximum absolute atomic E-state index is 12.2. The molecule has 0 aliphatic heterocycles. The van der Waals surface area contributed by atoms with Gasteiger partial charge in [-0.05, 0) is 62.2 Å². The zero-order valence-corrected chi connectivity index (χ0v) is 18.2. The Morgan fingerprint density at radius 1 is 1.10 bits per heavy atom. The van der Waals surface area contributed by atoms with Crippen molar-refractivity contribution in [2.45, 2.75) is 31.8 Å². The molecule has 2 aromatic rings. The van der Waals surface area contributed by atoms with Gasteiger partial charge in [0, 0.05) is 14.1 Å². The minimum Gasteiger partial charge on any atom is -0.492 e. The zero-order valence-electron chi connectivity index (χ0n) is 17.4. The van der Waals surface area contributed by atoms with Crippen LogP contribution in [0.3, 0.4) is 0 Å². The van der Waals surface area contributed by atoms with Crippen molar-refractivity contribution in [2.24, 2.45) is 0 Å². The number of carbonyl (C=O) groups excluding carboxylic acids is 1. The molecule has 0 unspecified atom stereocenters. The lowest BCUT2D eigenvalue weighted by Crippen LogP contribution is -2.38. The SMILES string of the molecule is Cc1ccc(C)c(O[C@H](C)C(=O)NCCOc2ccc(S(=O)(=O)N(C)C)cc2)c1. The summed E-state index contributed by atoms with van der Waals surface area (Å²) >= 11 is 0. The van der Waals surface area contributed by atoms with Crippen molar-refractivity contribution in [3.63, 3.8) is 0 Å². The van der Waals surface area contributed by atoms with Crippen LogP contribution in [0.25, 0.3) is 0 Å². The van der Waals surface area contributed by atoms with Gasteiger partial charge in [-0.15, -0.1) is 0 Å². The van der Waals surface area contributed by atoms with Crippen molar-refractivity contribution >= 4 is 15.9 Å². The molecule has 2 aromatic carbocycles. The molecule has 1 amide bonds. The van der Waals surface area contributed by atoms with Crippen LogP contribution in [-0.2, 0) is 14.8 Å². The molecule has 0 heterocycles. The third-order valence-corrected chi connectivity index (χ3v) is 6.12. The molecule has 1 atom stereocenters. The molecule has 1 N–H and O–H groups in total. The summed E-state index contributed by atoms with van der Waals surface area (Å²) in [6.07, 6.45) is -0.633. The highest BCUT2D eigenvalue weighted by Crippen LogP contribution is 2.20. The number of hydrogen-bond acceptors (Lipinski definition) is 5. The Morgan fingerprint density at radius 2 is 1.76 bits per heavy atom.